The van der Waals surface area contributed by atoms with Crippen LogP contribution in [-0.2, 0) is 4.79 Å². The van der Waals surface area contributed by atoms with E-state index in [1.165, 1.54) is 0 Å². The van der Waals surface area contributed by atoms with Gasteiger partial charge in [-0.2, -0.15) is 0 Å². The van der Waals surface area contributed by atoms with E-state index in [4.69, 9.17) is 0 Å². The standard InChI is InChI=1S/C12H26N3O/c1-11(2)14-6-8-15(5,9-7-14)10-12(16)13(3)4/h11H,6-10H2,1-5H3/q+1. The van der Waals surface area contributed by atoms with Crippen molar-refractivity contribution >= 4 is 5.91 Å². The first kappa shape index (κ1) is 13.5. The molecule has 0 radical (unpaired) electrons. The van der Waals surface area contributed by atoms with Crippen LogP contribution >= 0.6 is 0 Å². The molecule has 1 fully saturated rings. The number of likely N-dealkylation sites (N-methyl/N-ethyl adjacent to an activating group) is 2. The molecular weight excluding hydrogens is 202 g/mol. The summed E-state index contributed by atoms with van der Waals surface area (Å²) in [5, 5.41) is 0. The molecule has 1 saturated heterocycles. The van der Waals surface area contributed by atoms with E-state index in [9.17, 15) is 4.79 Å². The average molecular weight is 228 g/mol. The summed E-state index contributed by atoms with van der Waals surface area (Å²) in [5.41, 5.74) is 0. The van der Waals surface area contributed by atoms with Gasteiger partial charge in [0.25, 0.3) is 5.91 Å². The van der Waals surface area contributed by atoms with Crippen LogP contribution in [-0.4, -0.2) is 80.1 Å². The Kier molecular flexibility index (Phi) is 4.33. The van der Waals surface area contributed by atoms with E-state index < -0.39 is 0 Å². The van der Waals surface area contributed by atoms with Gasteiger partial charge in [0.2, 0.25) is 0 Å². The largest absolute Gasteiger partial charge is 0.344 e. The van der Waals surface area contributed by atoms with E-state index >= 15 is 0 Å². The number of amides is 1. The van der Waals surface area contributed by atoms with Gasteiger partial charge in [-0.15, -0.1) is 0 Å². The lowest BCUT2D eigenvalue weighted by molar-refractivity contribution is -0.906. The van der Waals surface area contributed by atoms with Crippen molar-refractivity contribution in [2.75, 3.05) is 53.9 Å². The summed E-state index contributed by atoms with van der Waals surface area (Å²) in [6.45, 7) is 9.49. The van der Waals surface area contributed by atoms with Crippen LogP contribution in [0.2, 0.25) is 0 Å². The monoisotopic (exact) mass is 228 g/mol. The number of carbonyl (C=O) groups excluding carboxylic acids is 1. The first-order valence-electron chi connectivity index (χ1n) is 6.12. The Balaban J connectivity index is 2.47. The van der Waals surface area contributed by atoms with Crippen LogP contribution in [0, 0.1) is 0 Å². The van der Waals surface area contributed by atoms with Gasteiger partial charge in [0.1, 0.15) is 0 Å². The lowest BCUT2D eigenvalue weighted by Gasteiger charge is -2.43. The molecule has 0 atom stereocenters. The predicted octanol–water partition coefficient (Wildman–Crippen LogP) is 0.245. The van der Waals surface area contributed by atoms with Crippen LogP contribution in [0.4, 0.5) is 0 Å². The highest BCUT2D eigenvalue weighted by atomic mass is 16.2. The number of quaternary nitrogens is 1. The van der Waals surface area contributed by atoms with Gasteiger partial charge in [-0.1, -0.05) is 0 Å². The van der Waals surface area contributed by atoms with Gasteiger partial charge in [-0.3, -0.25) is 9.69 Å². The van der Waals surface area contributed by atoms with Crippen LogP contribution in [0.15, 0.2) is 0 Å². The minimum absolute atomic E-state index is 0.237. The van der Waals surface area contributed by atoms with Gasteiger partial charge >= 0.3 is 0 Å². The molecule has 1 amide bonds. The molecule has 16 heavy (non-hydrogen) atoms. The highest BCUT2D eigenvalue weighted by Crippen LogP contribution is 2.12. The maximum Gasteiger partial charge on any atom is 0.277 e. The topological polar surface area (TPSA) is 23.6 Å². The maximum absolute atomic E-state index is 11.7. The molecule has 0 unspecified atom stereocenters. The molecule has 0 aromatic heterocycles. The van der Waals surface area contributed by atoms with Crippen molar-refractivity contribution < 1.29 is 9.28 Å². The lowest BCUT2D eigenvalue weighted by Crippen LogP contribution is -2.60. The van der Waals surface area contributed by atoms with Gasteiger partial charge in [0.15, 0.2) is 6.54 Å². The third kappa shape index (κ3) is 3.46. The average Bonchev–Trinajstić information content (AvgIpc) is 2.17. The van der Waals surface area contributed by atoms with Crippen molar-refractivity contribution in [1.82, 2.24) is 9.80 Å². The zero-order valence-corrected chi connectivity index (χ0v) is 11.4. The molecule has 1 aliphatic heterocycles. The van der Waals surface area contributed by atoms with Gasteiger partial charge in [-0.05, 0) is 13.8 Å². The van der Waals surface area contributed by atoms with Crippen LogP contribution in [0.25, 0.3) is 0 Å². The molecule has 0 spiro atoms. The van der Waals surface area contributed by atoms with Crippen molar-refractivity contribution in [3.05, 3.63) is 0 Å². The van der Waals surface area contributed by atoms with Gasteiger partial charge in [0.05, 0.1) is 20.1 Å². The molecule has 0 aliphatic carbocycles. The quantitative estimate of drug-likeness (QED) is 0.646. The second-order valence-corrected chi connectivity index (χ2v) is 5.64. The molecule has 0 bridgehead atoms. The molecule has 0 aromatic rings. The van der Waals surface area contributed by atoms with Gasteiger partial charge in [-0.25, -0.2) is 0 Å². The van der Waals surface area contributed by atoms with Gasteiger partial charge in [0, 0.05) is 33.2 Å². The fourth-order valence-electron chi connectivity index (χ4n) is 2.11. The number of hydrogen-bond acceptors (Lipinski definition) is 2. The Morgan fingerprint density at radius 3 is 2.19 bits per heavy atom. The number of carbonyl (C=O) groups is 1. The van der Waals surface area contributed by atoms with Gasteiger partial charge < -0.3 is 9.38 Å². The summed E-state index contributed by atoms with van der Waals surface area (Å²) in [4.78, 5) is 15.9. The van der Waals surface area contributed by atoms with Crippen molar-refractivity contribution in [3.8, 4) is 0 Å². The van der Waals surface area contributed by atoms with E-state index in [1.54, 1.807) is 4.90 Å². The minimum Gasteiger partial charge on any atom is -0.344 e. The highest BCUT2D eigenvalue weighted by Gasteiger charge is 2.32. The molecule has 4 heteroatoms. The fraction of sp³-hybridized carbons (Fsp3) is 0.917. The first-order valence-corrected chi connectivity index (χ1v) is 6.12. The number of rotatable bonds is 3. The lowest BCUT2D eigenvalue weighted by atomic mass is 10.2. The van der Waals surface area contributed by atoms with Crippen molar-refractivity contribution in [2.24, 2.45) is 0 Å². The van der Waals surface area contributed by atoms with Crippen molar-refractivity contribution in [2.45, 2.75) is 19.9 Å². The van der Waals surface area contributed by atoms with E-state index in [0.717, 1.165) is 30.7 Å². The molecule has 0 N–H and O–H groups in total. The van der Waals surface area contributed by atoms with Crippen LogP contribution in [0.3, 0.4) is 0 Å². The van der Waals surface area contributed by atoms with E-state index in [1.807, 2.05) is 14.1 Å². The molecule has 0 aromatic carbocycles. The predicted molar refractivity (Wildman–Crippen MR) is 66.2 cm³/mol. The molecule has 4 nitrogen and oxygen atoms in total. The Morgan fingerprint density at radius 2 is 1.81 bits per heavy atom. The Hall–Kier alpha value is -0.610. The van der Waals surface area contributed by atoms with Crippen LogP contribution < -0.4 is 0 Å². The zero-order chi connectivity index (χ0) is 12.3. The molecular formula is C12H26N3O+. The Labute approximate surface area is 99.4 Å². The normalized spacial score (nSPS) is 21.1. The summed E-state index contributed by atoms with van der Waals surface area (Å²) < 4.78 is 0.889. The van der Waals surface area contributed by atoms with Crippen molar-refractivity contribution in [3.63, 3.8) is 0 Å². The summed E-state index contributed by atoms with van der Waals surface area (Å²) in [5.74, 6) is 0.237. The van der Waals surface area contributed by atoms with Crippen molar-refractivity contribution in [1.29, 1.82) is 0 Å². The fourth-order valence-corrected chi connectivity index (χ4v) is 2.11. The molecule has 94 valence electrons. The minimum atomic E-state index is 0.237. The van der Waals surface area contributed by atoms with E-state index in [-0.39, 0.29) is 5.91 Å². The second-order valence-electron chi connectivity index (χ2n) is 5.64. The Morgan fingerprint density at radius 1 is 1.31 bits per heavy atom. The number of hydrogen-bond donors (Lipinski definition) is 0. The van der Waals surface area contributed by atoms with Crippen LogP contribution in [0.5, 0.6) is 0 Å². The molecule has 1 aliphatic rings. The third-order valence-electron chi connectivity index (χ3n) is 3.60. The summed E-state index contributed by atoms with van der Waals surface area (Å²) >= 11 is 0. The third-order valence-corrected chi connectivity index (χ3v) is 3.60. The highest BCUT2D eigenvalue weighted by molar-refractivity contribution is 5.76. The van der Waals surface area contributed by atoms with E-state index in [2.05, 4.69) is 25.8 Å². The second kappa shape index (κ2) is 5.15. The Bertz CT molecular complexity index is 243. The van der Waals surface area contributed by atoms with Crippen LogP contribution in [0.1, 0.15) is 13.8 Å². The first-order chi connectivity index (χ1) is 7.34. The summed E-state index contributed by atoms with van der Waals surface area (Å²) in [7, 11) is 5.86. The smallest absolute Gasteiger partial charge is 0.277 e. The molecule has 1 heterocycles. The maximum atomic E-state index is 11.7. The summed E-state index contributed by atoms with van der Waals surface area (Å²) in [6, 6.07) is 0.623. The zero-order valence-electron chi connectivity index (χ0n) is 11.4. The number of nitrogens with zero attached hydrogens (tertiary/aromatic N) is 3. The van der Waals surface area contributed by atoms with E-state index in [0.29, 0.717) is 12.6 Å². The number of piperazine rings is 1. The SMILES string of the molecule is CC(C)N1CC[N+](C)(CC(=O)N(C)C)CC1. The molecule has 1 rings (SSSR count). The molecule has 0 saturated carbocycles. The summed E-state index contributed by atoms with van der Waals surface area (Å²) in [6.07, 6.45) is 0.